The van der Waals surface area contributed by atoms with Gasteiger partial charge in [-0.25, -0.2) is 4.79 Å². The number of hydrogen-bond acceptors (Lipinski definition) is 8. The normalized spacial score (nSPS) is 28.9. The van der Waals surface area contributed by atoms with Crippen LogP contribution in [-0.4, -0.2) is 71.3 Å². The van der Waals surface area contributed by atoms with E-state index >= 15 is 0 Å². The average molecular weight is 504 g/mol. The lowest BCUT2D eigenvalue weighted by atomic mass is 9.70. The Morgan fingerprint density at radius 2 is 1.68 bits per heavy atom. The maximum Gasteiger partial charge on any atom is 0.339 e. The Hall–Kier alpha value is -3.69. The molecule has 1 amide bonds. The molecule has 2 aliphatic heterocycles. The molecular formula is C28H25NO8. The molecule has 2 aliphatic carbocycles. The lowest BCUT2D eigenvalue weighted by molar-refractivity contribution is -0.178. The van der Waals surface area contributed by atoms with Gasteiger partial charge in [0.15, 0.2) is 41.4 Å². The monoisotopic (exact) mass is 503 g/mol. The third-order valence-corrected chi connectivity index (χ3v) is 7.88. The first-order valence-electron chi connectivity index (χ1n) is 12.4. The summed E-state index contributed by atoms with van der Waals surface area (Å²) in [7, 11) is 0. The number of carbonyl (C=O) groups excluding carboxylic acids is 5. The highest BCUT2D eigenvalue weighted by Crippen LogP contribution is 2.43. The molecule has 0 unspecified atom stereocenters. The number of rotatable bonds is 4. The number of likely N-dealkylation sites (N-methyl/N-ethyl adjacent to an activating group) is 1. The van der Waals surface area contributed by atoms with E-state index in [1.807, 2.05) is 31.2 Å². The highest BCUT2D eigenvalue weighted by molar-refractivity contribution is 6.28. The molecule has 0 aromatic heterocycles. The van der Waals surface area contributed by atoms with Crippen molar-refractivity contribution >= 4 is 40.0 Å². The predicted molar refractivity (Wildman–Crippen MR) is 129 cm³/mol. The minimum absolute atomic E-state index is 0.0472. The van der Waals surface area contributed by atoms with Crippen LogP contribution < -0.4 is 0 Å². The van der Waals surface area contributed by atoms with E-state index in [1.54, 1.807) is 12.1 Å². The van der Waals surface area contributed by atoms with E-state index in [-0.39, 0.29) is 54.4 Å². The van der Waals surface area contributed by atoms with Gasteiger partial charge >= 0.3 is 5.97 Å². The van der Waals surface area contributed by atoms with Crippen LogP contribution in [0.2, 0.25) is 0 Å². The van der Waals surface area contributed by atoms with Crippen molar-refractivity contribution in [3.05, 3.63) is 58.7 Å². The number of carbonyl (C=O) groups is 5. The van der Waals surface area contributed by atoms with Gasteiger partial charge in [0.2, 0.25) is 0 Å². The van der Waals surface area contributed by atoms with Gasteiger partial charge in [-0.2, -0.15) is 0 Å². The molecule has 0 radical (unpaired) electrons. The molecule has 0 saturated carbocycles. The third kappa shape index (κ3) is 3.56. The number of Topliss-reactive ketones (excluding diaryl/α,β-unsaturated/α-hetero) is 3. The highest BCUT2D eigenvalue weighted by atomic mass is 16.7. The molecule has 2 aromatic rings. The summed E-state index contributed by atoms with van der Waals surface area (Å²) in [5.74, 6) is -2.30. The van der Waals surface area contributed by atoms with Crippen molar-refractivity contribution < 1.29 is 38.2 Å². The average Bonchev–Trinajstić information content (AvgIpc) is 3.27. The summed E-state index contributed by atoms with van der Waals surface area (Å²) in [5, 5.41) is 1.68. The topological polar surface area (TPSA) is 116 Å². The van der Waals surface area contributed by atoms with Gasteiger partial charge in [-0.15, -0.1) is 0 Å². The Kier molecular flexibility index (Phi) is 5.40. The smallest absolute Gasteiger partial charge is 0.339 e. The predicted octanol–water partition coefficient (Wildman–Crippen LogP) is 2.54. The van der Waals surface area contributed by atoms with Crippen molar-refractivity contribution in [2.24, 2.45) is 0 Å². The zero-order valence-corrected chi connectivity index (χ0v) is 20.4. The molecule has 4 aliphatic rings. The quantitative estimate of drug-likeness (QED) is 0.585. The van der Waals surface area contributed by atoms with Crippen molar-refractivity contribution in [3.8, 4) is 0 Å². The van der Waals surface area contributed by atoms with Crippen molar-refractivity contribution in [1.82, 2.24) is 4.90 Å². The Bertz CT molecular complexity index is 1440. The lowest BCUT2D eigenvalue weighted by Gasteiger charge is -2.38. The van der Waals surface area contributed by atoms with Gasteiger partial charge in [0.05, 0.1) is 6.54 Å². The Morgan fingerprint density at radius 3 is 2.30 bits per heavy atom. The zero-order valence-electron chi connectivity index (χ0n) is 20.4. The molecule has 2 saturated heterocycles. The largest absolute Gasteiger partial charge is 0.449 e. The molecule has 6 rings (SSSR count). The van der Waals surface area contributed by atoms with Gasteiger partial charge in [0.1, 0.15) is 0 Å². The third-order valence-electron chi connectivity index (χ3n) is 7.88. The van der Waals surface area contributed by atoms with Crippen LogP contribution in [0.5, 0.6) is 0 Å². The molecule has 2 heterocycles. The number of morpholine rings is 1. The van der Waals surface area contributed by atoms with Crippen molar-refractivity contribution in [3.63, 3.8) is 0 Å². The standard InChI is InChI=1S/C28H25NO8/c1-3-29-13-21-35-24(26(29)33)25(36-21)27(34)37-28(14(2)30)9-8-17-20(12-28)23(32)19-11-16-7-5-4-6-15(16)10-18(19)22(17)31/h4-7,10-11,21,24-25H,3,8-9,12-13H2,1-2H3/t21-,24+,25+,28+/m0/s1. The maximum atomic E-state index is 13.6. The van der Waals surface area contributed by atoms with E-state index in [1.165, 1.54) is 11.8 Å². The van der Waals surface area contributed by atoms with E-state index in [0.29, 0.717) is 17.7 Å². The number of allylic oxidation sites excluding steroid dienone is 1. The first-order valence-corrected chi connectivity index (χ1v) is 12.4. The Morgan fingerprint density at radius 1 is 1.03 bits per heavy atom. The molecular weight excluding hydrogens is 478 g/mol. The van der Waals surface area contributed by atoms with E-state index < -0.39 is 35.9 Å². The molecule has 37 heavy (non-hydrogen) atoms. The van der Waals surface area contributed by atoms with Crippen LogP contribution in [0.3, 0.4) is 0 Å². The Labute approximate surface area is 212 Å². The molecule has 0 N–H and O–H groups in total. The van der Waals surface area contributed by atoms with Gasteiger partial charge in [-0.05, 0) is 49.6 Å². The SMILES string of the molecule is CCN1C[C@@H]2O[C@@H](C(=O)O[C@]3(C(C)=O)CCC4=C(C3)C(=O)c3cc5ccccc5cc3C4=O)[C@@H](O2)C1=O. The molecule has 9 heteroatoms. The van der Waals surface area contributed by atoms with Crippen LogP contribution in [0, 0.1) is 0 Å². The summed E-state index contributed by atoms with van der Waals surface area (Å²) < 4.78 is 17.0. The molecule has 4 atom stereocenters. The second-order valence-electron chi connectivity index (χ2n) is 9.93. The van der Waals surface area contributed by atoms with Gasteiger partial charge in [-0.1, -0.05) is 24.3 Å². The molecule has 2 fully saturated rings. The summed E-state index contributed by atoms with van der Waals surface area (Å²) >= 11 is 0. The number of amides is 1. The minimum atomic E-state index is -1.65. The highest BCUT2D eigenvalue weighted by Gasteiger charge is 2.55. The summed E-state index contributed by atoms with van der Waals surface area (Å²) in [6.45, 7) is 3.76. The second-order valence-corrected chi connectivity index (χ2v) is 9.93. The lowest BCUT2D eigenvalue weighted by Crippen LogP contribution is -2.52. The zero-order chi connectivity index (χ0) is 26.1. The van der Waals surface area contributed by atoms with Crippen LogP contribution in [0.25, 0.3) is 10.8 Å². The fourth-order valence-electron chi connectivity index (χ4n) is 5.77. The van der Waals surface area contributed by atoms with Crippen LogP contribution in [0.15, 0.2) is 47.5 Å². The number of ether oxygens (including phenoxy) is 3. The summed E-state index contributed by atoms with van der Waals surface area (Å²) in [4.78, 5) is 67.3. The number of esters is 1. The van der Waals surface area contributed by atoms with Crippen molar-refractivity contribution in [1.29, 1.82) is 0 Å². The molecule has 0 spiro atoms. The molecule has 9 nitrogen and oxygen atoms in total. The minimum Gasteiger partial charge on any atom is -0.449 e. The molecule has 2 bridgehead atoms. The van der Waals surface area contributed by atoms with Crippen LogP contribution >= 0.6 is 0 Å². The second kappa shape index (κ2) is 8.43. The van der Waals surface area contributed by atoms with Gasteiger partial charge in [0.25, 0.3) is 5.91 Å². The van der Waals surface area contributed by atoms with E-state index in [2.05, 4.69) is 0 Å². The number of nitrogens with zero attached hydrogens (tertiary/aromatic N) is 1. The first-order chi connectivity index (χ1) is 17.7. The van der Waals surface area contributed by atoms with Crippen LogP contribution in [-0.2, 0) is 28.6 Å². The number of ketones is 3. The van der Waals surface area contributed by atoms with Crippen LogP contribution in [0.4, 0.5) is 0 Å². The fourth-order valence-corrected chi connectivity index (χ4v) is 5.77. The Balaban J connectivity index is 1.30. The van der Waals surface area contributed by atoms with E-state index in [4.69, 9.17) is 14.2 Å². The van der Waals surface area contributed by atoms with Gasteiger partial charge in [-0.3, -0.25) is 19.2 Å². The van der Waals surface area contributed by atoms with Crippen LogP contribution in [0.1, 0.15) is 53.8 Å². The summed E-state index contributed by atoms with van der Waals surface area (Å²) in [6, 6.07) is 10.9. The van der Waals surface area contributed by atoms with E-state index in [0.717, 1.165) is 10.8 Å². The molecule has 190 valence electrons. The van der Waals surface area contributed by atoms with Gasteiger partial charge < -0.3 is 19.1 Å². The van der Waals surface area contributed by atoms with Gasteiger partial charge in [0, 0.05) is 35.2 Å². The van der Waals surface area contributed by atoms with E-state index in [9.17, 15) is 24.0 Å². The fraction of sp³-hybridized carbons (Fsp3) is 0.393. The van der Waals surface area contributed by atoms with Crippen molar-refractivity contribution in [2.45, 2.75) is 57.2 Å². The summed E-state index contributed by atoms with van der Waals surface area (Å²) in [5.41, 5.74) is -0.478. The summed E-state index contributed by atoms with van der Waals surface area (Å²) in [6.07, 6.45) is -3.26. The molecule has 2 aromatic carbocycles. The van der Waals surface area contributed by atoms with Crippen molar-refractivity contribution in [2.75, 3.05) is 13.1 Å². The number of hydrogen-bond donors (Lipinski definition) is 0. The maximum absolute atomic E-state index is 13.6. The number of benzene rings is 2. The number of fused-ring (bicyclic) bond motifs is 4. The first kappa shape index (κ1) is 23.7.